The third-order valence-corrected chi connectivity index (χ3v) is 3.05. The largest absolute Gasteiger partial charge is 0.502 e. The fraction of sp³-hybridized carbons (Fsp3) is 0.133. The molecule has 20 heavy (non-hydrogen) atoms. The van der Waals surface area contributed by atoms with Gasteiger partial charge in [-0.2, -0.15) is 0 Å². The lowest BCUT2D eigenvalue weighted by Crippen LogP contribution is -1.90. The summed E-state index contributed by atoms with van der Waals surface area (Å²) in [6.45, 7) is 4.02. The summed E-state index contributed by atoms with van der Waals surface area (Å²) in [6, 6.07) is 9.96. The maximum atomic E-state index is 10.7. The van der Waals surface area contributed by atoms with Crippen LogP contribution in [-0.2, 0) is 0 Å². The second-order valence-electron chi connectivity index (χ2n) is 4.53. The van der Waals surface area contributed by atoms with Gasteiger partial charge in [0.2, 0.25) is 0 Å². The standard InChI is InChI=1S/C15H14N2O3/c1-10-3-5-13(7-11(10)2)16-9-12-4-6-15(18)14(8-12)17(19)20/h3-9,18H,1-2H3. The second-order valence-corrected chi connectivity index (χ2v) is 4.53. The van der Waals surface area contributed by atoms with Crippen molar-refractivity contribution in [2.24, 2.45) is 4.99 Å². The van der Waals surface area contributed by atoms with Crippen LogP contribution in [-0.4, -0.2) is 16.2 Å². The van der Waals surface area contributed by atoms with Crippen LogP contribution in [0.5, 0.6) is 5.75 Å². The number of phenolic OH excluding ortho intramolecular Hbond substituents is 1. The number of aliphatic imine (C=N–C) groups is 1. The summed E-state index contributed by atoms with van der Waals surface area (Å²) in [7, 11) is 0. The van der Waals surface area contributed by atoms with E-state index in [-0.39, 0.29) is 11.4 Å². The molecule has 0 aliphatic rings. The van der Waals surface area contributed by atoms with Crippen molar-refractivity contribution in [1.82, 2.24) is 0 Å². The number of aryl methyl sites for hydroxylation is 2. The Morgan fingerprint density at radius 1 is 1.15 bits per heavy atom. The van der Waals surface area contributed by atoms with Gasteiger partial charge < -0.3 is 5.11 Å². The summed E-state index contributed by atoms with van der Waals surface area (Å²) < 4.78 is 0. The number of hydrogen-bond acceptors (Lipinski definition) is 4. The number of nitro benzene ring substituents is 1. The highest BCUT2D eigenvalue weighted by Gasteiger charge is 2.12. The zero-order valence-corrected chi connectivity index (χ0v) is 11.2. The number of aromatic hydroxyl groups is 1. The Labute approximate surface area is 116 Å². The smallest absolute Gasteiger partial charge is 0.311 e. The number of phenols is 1. The van der Waals surface area contributed by atoms with Crippen LogP contribution in [0.25, 0.3) is 0 Å². The van der Waals surface area contributed by atoms with Crippen LogP contribution in [0, 0.1) is 24.0 Å². The molecule has 5 heteroatoms. The van der Waals surface area contributed by atoms with E-state index < -0.39 is 4.92 Å². The van der Waals surface area contributed by atoms with Gasteiger partial charge in [-0.25, -0.2) is 0 Å². The van der Waals surface area contributed by atoms with Gasteiger partial charge in [-0.15, -0.1) is 0 Å². The van der Waals surface area contributed by atoms with Gasteiger partial charge in [0.1, 0.15) is 0 Å². The number of nitrogens with zero attached hydrogens (tertiary/aromatic N) is 2. The first-order chi connectivity index (χ1) is 9.47. The summed E-state index contributed by atoms with van der Waals surface area (Å²) in [5.41, 5.74) is 3.34. The number of nitro groups is 1. The Kier molecular flexibility index (Phi) is 3.79. The third-order valence-electron chi connectivity index (χ3n) is 3.05. The zero-order chi connectivity index (χ0) is 14.7. The molecule has 0 spiro atoms. The highest BCUT2D eigenvalue weighted by atomic mass is 16.6. The third kappa shape index (κ3) is 3.00. The number of hydrogen-bond donors (Lipinski definition) is 1. The summed E-state index contributed by atoms with van der Waals surface area (Å²) in [5.74, 6) is -0.349. The van der Waals surface area contributed by atoms with E-state index in [4.69, 9.17) is 0 Å². The lowest BCUT2D eigenvalue weighted by atomic mass is 10.1. The zero-order valence-electron chi connectivity index (χ0n) is 11.2. The molecule has 0 saturated heterocycles. The molecule has 0 aromatic heterocycles. The molecule has 0 amide bonds. The van der Waals surface area contributed by atoms with Gasteiger partial charge in [-0.3, -0.25) is 15.1 Å². The molecule has 0 atom stereocenters. The van der Waals surface area contributed by atoms with E-state index in [1.807, 2.05) is 32.0 Å². The van der Waals surface area contributed by atoms with Crippen LogP contribution in [0.4, 0.5) is 11.4 Å². The van der Waals surface area contributed by atoms with Crippen LogP contribution in [0.3, 0.4) is 0 Å². The molecular formula is C15H14N2O3. The van der Waals surface area contributed by atoms with E-state index in [2.05, 4.69) is 4.99 Å². The molecule has 0 heterocycles. The van der Waals surface area contributed by atoms with Crippen molar-refractivity contribution in [1.29, 1.82) is 0 Å². The number of rotatable bonds is 3. The summed E-state index contributed by atoms with van der Waals surface area (Å²) in [5, 5.41) is 20.1. The molecule has 102 valence electrons. The molecule has 0 aliphatic carbocycles. The van der Waals surface area contributed by atoms with Crippen molar-refractivity contribution in [3.8, 4) is 5.75 Å². The molecule has 0 unspecified atom stereocenters. The molecule has 1 N–H and O–H groups in total. The van der Waals surface area contributed by atoms with Crippen molar-refractivity contribution in [2.45, 2.75) is 13.8 Å². The van der Waals surface area contributed by atoms with Gasteiger partial charge in [-0.1, -0.05) is 6.07 Å². The maximum absolute atomic E-state index is 10.7. The highest BCUT2D eigenvalue weighted by Crippen LogP contribution is 2.26. The first-order valence-electron chi connectivity index (χ1n) is 6.06. The fourth-order valence-corrected chi connectivity index (χ4v) is 1.72. The lowest BCUT2D eigenvalue weighted by Gasteiger charge is -2.01. The molecule has 2 aromatic carbocycles. The fourth-order valence-electron chi connectivity index (χ4n) is 1.72. The van der Waals surface area contributed by atoms with Crippen LogP contribution >= 0.6 is 0 Å². The van der Waals surface area contributed by atoms with Crippen LogP contribution < -0.4 is 0 Å². The lowest BCUT2D eigenvalue weighted by molar-refractivity contribution is -0.385. The molecule has 2 aromatic rings. The monoisotopic (exact) mass is 270 g/mol. The topological polar surface area (TPSA) is 75.7 Å². The van der Waals surface area contributed by atoms with Crippen molar-refractivity contribution in [3.05, 3.63) is 63.2 Å². The first-order valence-corrected chi connectivity index (χ1v) is 6.06. The van der Waals surface area contributed by atoms with Gasteiger partial charge in [-0.05, 0) is 54.8 Å². The quantitative estimate of drug-likeness (QED) is 0.525. The Morgan fingerprint density at radius 3 is 2.55 bits per heavy atom. The minimum absolute atomic E-state index is 0.325. The highest BCUT2D eigenvalue weighted by molar-refractivity contribution is 5.83. The van der Waals surface area contributed by atoms with Crippen molar-refractivity contribution >= 4 is 17.6 Å². The molecule has 5 nitrogen and oxygen atoms in total. The van der Waals surface area contributed by atoms with Gasteiger partial charge in [0.25, 0.3) is 0 Å². The summed E-state index contributed by atoms with van der Waals surface area (Å²) >= 11 is 0. The van der Waals surface area contributed by atoms with Crippen molar-refractivity contribution in [2.75, 3.05) is 0 Å². The predicted molar refractivity (Wildman–Crippen MR) is 77.9 cm³/mol. The van der Waals surface area contributed by atoms with Crippen molar-refractivity contribution < 1.29 is 10.0 Å². The van der Waals surface area contributed by atoms with Gasteiger partial charge in [0.05, 0.1) is 10.6 Å². The minimum Gasteiger partial charge on any atom is -0.502 e. The van der Waals surface area contributed by atoms with Crippen LogP contribution in [0.1, 0.15) is 16.7 Å². The second kappa shape index (κ2) is 5.52. The van der Waals surface area contributed by atoms with E-state index in [1.54, 1.807) is 6.07 Å². The van der Waals surface area contributed by atoms with E-state index in [0.29, 0.717) is 5.56 Å². The van der Waals surface area contributed by atoms with Gasteiger partial charge >= 0.3 is 5.69 Å². The van der Waals surface area contributed by atoms with Crippen molar-refractivity contribution in [3.63, 3.8) is 0 Å². The Bertz CT molecular complexity index is 694. The first kappa shape index (κ1) is 13.7. The molecular weight excluding hydrogens is 256 g/mol. The molecule has 0 fully saturated rings. The Balaban J connectivity index is 2.29. The Hall–Kier alpha value is -2.69. The van der Waals surface area contributed by atoms with E-state index >= 15 is 0 Å². The summed E-state index contributed by atoms with van der Waals surface area (Å²) in [6.07, 6.45) is 1.54. The average molecular weight is 270 g/mol. The molecule has 2 rings (SSSR count). The van der Waals surface area contributed by atoms with E-state index in [1.165, 1.54) is 23.9 Å². The minimum atomic E-state index is -0.622. The number of benzene rings is 2. The normalized spacial score (nSPS) is 10.9. The predicted octanol–water partition coefficient (Wildman–Crippen LogP) is 3.67. The molecule has 0 aliphatic heterocycles. The van der Waals surface area contributed by atoms with E-state index in [0.717, 1.165) is 11.3 Å². The molecule has 0 saturated carbocycles. The van der Waals surface area contributed by atoms with Gasteiger partial charge in [0, 0.05) is 12.3 Å². The van der Waals surface area contributed by atoms with Crippen LogP contribution in [0.15, 0.2) is 41.4 Å². The SMILES string of the molecule is Cc1ccc(N=Cc2ccc(O)c([N+](=O)[O-])c2)cc1C. The summed E-state index contributed by atoms with van der Waals surface area (Å²) in [4.78, 5) is 14.4. The Morgan fingerprint density at radius 2 is 1.90 bits per heavy atom. The average Bonchev–Trinajstić information content (AvgIpc) is 2.41. The van der Waals surface area contributed by atoms with Crippen LogP contribution in [0.2, 0.25) is 0 Å². The molecule has 0 bridgehead atoms. The maximum Gasteiger partial charge on any atom is 0.311 e. The molecule has 0 radical (unpaired) electrons. The van der Waals surface area contributed by atoms with E-state index in [9.17, 15) is 15.2 Å². The van der Waals surface area contributed by atoms with Gasteiger partial charge in [0.15, 0.2) is 5.75 Å².